The van der Waals surface area contributed by atoms with Gasteiger partial charge in [0, 0.05) is 16.0 Å². The first-order valence-corrected chi connectivity index (χ1v) is 8.72. The normalized spacial score (nSPS) is 18.0. The number of hydrogen-bond acceptors (Lipinski definition) is 5. The summed E-state index contributed by atoms with van der Waals surface area (Å²) in [4.78, 5) is 0.921. The minimum Gasteiger partial charge on any atom is -0.493 e. The maximum absolute atomic E-state index is 6.24. The molecule has 2 aromatic carbocycles. The summed E-state index contributed by atoms with van der Waals surface area (Å²) in [7, 11) is 3.25. The van der Waals surface area contributed by atoms with Crippen molar-refractivity contribution in [2.75, 3.05) is 14.2 Å². The number of rotatable bonds is 4. The smallest absolute Gasteiger partial charge is 0.161 e. The van der Waals surface area contributed by atoms with Gasteiger partial charge in [-0.15, -0.1) is 12.6 Å². The number of benzene rings is 2. The molecule has 0 bridgehead atoms. The third kappa shape index (κ3) is 2.95. The summed E-state index contributed by atoms with van der Waals surface area (Å²) in [6.45, 7) is 0. The minimum atomic E-state index is 0.00155. The van der Waals surface area contributed by atoms with Crippen LogP contribution < -0.4 is 14.8 Å². The van der Waals surface area contributed by atoms with Crippen molar-refractivity contribution < 1.29 is 14.2 Å². The molecule has 4 nitrogen and oxygen atoms in total. The summed E-state index contributed by atoms with van der Waals surface area (Å²) in [6, 6.07) is 13.8. The molecule has 0 radical (unpaired) electrons. The molecule has 2 aromatic rings. The van der Waals surface area contributed by atoms with Crippen molar-refractivity contribution in [2.45, 2.75) is 10.9 Å². The van der Waals surface area contributed by atoms with Crippen LogP contribution in [0, 0.1) is 0 Å². The second-order valence-electron chi connectivity index (χ2n) is 6.01. The largest absolute Gasteiger partial charge is 0.493 e. The van der Waals surface area contributed by atoms with Gasteiger partial charge >= 0.3 is 0 Å². The molecular weight excluding hydrogens is 346 g/mol. The lowest BCUT2D eigenvalue weighted by Crippen LogP contribution is -2.25. The second-order valence-corrected chi connectivity index (χ2v) is 6.53. The Labute approximate surface area is 158 Å². The predicted octanol–water partition coefficient (Wildman–Crippen LogP) is 4.26. The van der Waals surface area contributed by atoms with Crippen LogP contribution in [0.2, 0.25) is 0 Å². The molecule has 1 N–H and O–H groups in total. The zero-order valence-corrected chi connectivity index (χ0v) is 15.4. The SMILES string of the molecule is COc1ccc(C2=CC3NC=CC(c4cccc(S)c4)=C3O2)cc1OC. The average Bonchev–Trinajstić information content (AvgIpc) is 3.11. The van der Waals surface area contributed by atoms with E-state index in [-0.39, 0.29) is 6.04 Å². The van der Waals surface area contributed by atoms with Crippen molar-refractivity contribution in [1.29, 1.82) is 0 Å². The van der Waals surface area contributed by atoms with E-state index in [0.717, 1.165) is 33.1 Å². The zero-order chi connectivity index (χ0) is 18.1. The Kier molecular flexibility index (Phi) is 4.39. The standard InChI is InChI=1S/C21H19NO3S/c1-23-18-7-6-14(11-20(18)24-2)19-12-17-21(25-19)16(8-9-22-17)13-4-3-5-15(26)10-13/h3-12,17,22,26H,1-2H3. The summed E-state index contributed by atoms with van der Waals surface area (Å²) < 4.78 is 16.9. The molecule has 0 saturated heterocycles. The van der Waals surface area contributed by atoms with Gasteiger partial charge in [-0.05, 0) is 54.2 Å². The Morgan fingerprint density at radius 3 is 2.62 bits per heavy atom. The molecule has 1 unspecified atom stereocenters. The molecule has 2 aliphatic heterocycles. The van der Waals surface area contributed by atoms with Gasteiger partial charge in [0.1, 0.15) is 17.6 Å². The van der Waals surface area contributed by atoms with Crippen LogP contribution in [0.15, 0.2) is 71.5 Å². The fourth-order valence-electron chi connectivity index (χ4n) is 3.16. The van der Waals surface area contributed by atoms with Gasteiger partial charge in [0.2, 0.25) is 0 Å². The fourth-order valence-corrected chi connectivity index (χ4v) is 3.39. The van der Waals surface area contributed by atoms with E-state index < -0.39 is 0 Å². The Hall–Kier alpha value is -2.79. The van der Waals surface area contributed by atoms with Crippen molar-refractivity contribution >= 4 is 24.0 Å². The second kappa shape index (κ2) is 6.84. The highest BCUT2D eigenvalue weighted by Crippen LogP contribution is 2.39. The molecule has 26 heavy (non-hydrogen) atoms. The van der Waals surface area contributed by atoms with E-state index in [1.807, 2.05) is 48.7 Å². The molecule has 0 aliphatic carbocycles. The van der Waals surface area contributed by atoms with Crippen LogP contribution in [0.1, 0.15) is 11.1 Å². The van der Waals surface area contributed by atoms with Crippen molar-refractivity contribution in [3.05, 3.63) is 77.7 Å². The van der Waals surface area contributed by atoms with Crippen LogP contribution in [-0.4, -0.2) is 20.3 Å². The number of nitrogens with one attached hydrogen (secondary N) is 1. The number of dihydropyridines is 1. The van der Waals surface area contributed by atoms with E-state index in [2.05, 4.69) is 30.1 Å². The van der Waals surface area contributed by atoms with Gasteiger partial charge in [-0.25, -0.2) is 0 Å². The van der Waals surface area contributed by atoms with Gasteiger partial charge < -0.3 is 19.5 Å². The van der Waals surface area contributed by atoms with E-state index in [1.165, 1.54) is 0 Å². The van der Waals surface area contributed by atoms with Crippen LogP contribution in [-0.2, 0) is 4.74 Å². The number of methoxy groups -OCH3 is 2. The molecule has 5 heteroatoms. The molecule has 4 rings (SSSR count). The molecular formula is C21H19NO3S. The Balaban J connectivity index is 1.70. The van der Waals surface area contributed by atoms with E-state index in [9.17, 15) is 0 Å². The summed E-state index contributed by atoms with van der Waals surface area (Å²) in [5.41, 5.74) is 3.07. The van der Waals surface area contributed by atoms with E-state index in [0.29, 0.717) is 11.5 Å². The third-order valence-corrected chi connectivity index (χ3v) is 4.72. The Bertz CT molecular complexity index is 946. The van der Waals surface area contributed by atoms with Crippen LogP contribution in [0.5, 0.6) is 11.5 Å². The molecule has 132 valence electrons. The van der Waals surface area contributed by atoms with Gasteiger partial charge in [-0.2, -0.15) is 0 Å². The molecule has 1 atom stereocenters. The highest BCUT2D eigenvalue weighted by Gasteiger charge is 2.29. The quantitative estimate of drug-likeness (QED) is 0.794. The number of thiol groups is 1. The molecule has 2 aliphatic rings. The lowest BCUT2D eigenvalue weighted by atomic mass is 9.99. The molecule has 0 spiro atoms. The lowest BCUT2D eigenvalue weighted by Gasteiger charge is -2.19. The first-order chi connectivity index (χ1) is 12.7. The van der Waals surface area contributed by atoms with Gasteiger partial charge in [0.05, 0.1) is 14.2 Å². The topological polar surface area (TPSA) is 39.7 Å². The van der Waals surface area contributed by atoms with Crippen LogP contribution >= 0.6 is 12.6 Å². The van der Waals surface area contributed by atoms with E-state index in [1.54, 1.807) is 14.2 Å². The lowest BCUT2D eigenvalue weighted by molar-refractivity contribution is 0.353. The predicted molar refractivity (Wildman–Crippen MR) is 105 cm³/mol. The van der Waals surface area contributed by atoms with Crippen LogP contribution in [0.25, 0.3) is 11.3 Å². The summed E-state index contributed by atoms with van der Waals surface area (Å²) in [6.07, 6.45) is 6.05. The average molecular weight is 365 g/mol. The molecule has 0 fully saturated rings. The third-order valence-electron chi connectivity index (χ3n) is 4.44. The van der Waals surface area contributed by atoms with Crippen molar-refractivity contribution in [1.82, 2.24) is 5.32 Å². The molecule has 0 saturated carbocycles. The molecule has 0 aromatic heterocycles. The fraction of sp³-hybridized carbons (Fsp3) is 0.143. The van der Waals surface area contributed by atoms with Gasteiger partial charge in [0.15, 0.2) is 11.5 Å². The van der Waals surface area contributed by atoms with E-state index in [4.69, 9.17) is 14.2 Å². The minimum absolute atomic E-state index is 0.00155. The van der Waals surface area contributed by atoms with Crippen molar-refractivity contribution in [3.63, 3.8) is 0 Å². The van der Waals surface area contributed by atoms with Crippen LogP contribution in [0.4, 0.5) is 0 Å². The number of hydrogen-bond donors (Lipinski definition) is 2. The highest BCUT2D eigenvalue weighted by atomic mass is 32.1. The maximum atomic E-state index is 6.24. The first kappa shape index (κ1) is 16.7. The maximum Gasteiger partial charge on any atom is 0.161 e. The summed E-state index contributed by atoms with van der Waals surface area (Å²) in [5.74, 6) is 3.04. The Morgan fingerprint density at radius 1 is 1.00 bits per heavy atom. The van der Waals surface area contributed by atoms with Crippen LogP contribution in [0.3, 0.4) is 0 Å². The zero-order valence-electron chi connectivity index (χ0n) is 14.5. The van der Waals surface area contributed by atoms with Gasteiger partial charge in [-0.1, -0.05) is 12.1 Å². The number of fused-ring (bicyclic) bond motifs is 1. The number of allylic oxidation sites excluding steroid dienone is 2. The first-order valence-electron chi connectivity index (χ1n) is 8.28. The summed E-state index contributed by atoms with van der Waals surface area (Å²) >= 11 is 4.44. The Morgan fingerprint density at radius 2 is 1.85 bits per heavy atom. The monoisotopic (exact) mass is 365 g/mol. The summed E-state index contributed by atoms with van der Waals surface area (Å²) in [5, 5.41) is 3.33. The molecule has 2 heterocycles. The molecule has 0 amide bonds. The van der Waals surface area contributed by atoms with Gasteiger partial charge in [0.25, 0.3) is 0 Å². The van der Waals surface area contributed by atoms with Gasteiger partial charge in [-0.3, -0.25) is 0 Å². The number of ether oxygens (including phenoxy) is 3. The van der Waals surface area contributed by atoms with E-state index >= 15 is 0 Å². The van der Waals surface area contributed by atoms with Crippen molar-refractivity contribution in [3.8, 4) is 11.5 Å². The highest BCUT2D eigenvalue weighted by molar-refractivity contribution is 7.80. The van der Waals surface area contributed by atoms with Crippen molar-refractivity contribution in [2.24, 2.45) is 0 Å².